The first-order valence-electron chi connectivity index (χ1n) is 7.80. The van der Waals surface area contributed by atoms with E-state index < -0.39 is 0 Å². The number of rotatable bonds is 8. The molecule has 0 aliphatic carbocycles. The van der Waals surface area contributed by atoms with Crippen molar-refractivity contribution in [3.05, 3.63) is 54.1 Å². The van der Waals surface area contributed by atoms with Crippen LogP contribution in [0.2, 0.25) is 0 Å². The molecule has 0 aliphatic heterocycles. The lowest BCUT2D eigenvalue weighted by atomic mass is 10.2. The Bertz CT molecular complexity index is 581. The number of anilines is 1. The van der Waals surface area contributed by atoms with Crippen LogP contribution in [0.1, 0.15) is 19.4 Å². The third kappa shape index (κ3) is 5.32. The van der Waals surface area contributed by atoms with Gasteiger partial charge in [0.15, 0.2) is 0 Å². The predicted molar refractivity (Wildman–Crippen MR) is 91.9 cm³/mol. The van der Waals surface area contributed by atoms with Gasteiger partial charge < -0.3 is 14.8 Å². The normalized spacial score (nSPS) is 10.5. The van der Waals surface area contributed by atoms with Gasteiger partial charge in [-0.2, -0.15) is 0 Å². The quantitative estimate of drug-likeness (QED) is 0.727. The van der Waals surface area contributed by atoms with Crippen molar-refractivity contribution in [3.8, 4) is 11.5 Å². The smallest absolute Gasteiger partial charge is 0.122 e. The van der Waals surface area contributed by atoms with Crippen molar-refractivity contribution < 1.29 is 9.47 Å². The average Bonchev–Trinajstić information content (AvgIpc) is 2.51. The van der Waals surface area contributed by atoms with Crippen molar-refractivity contribution in [1.29, 1.82) is 0 Å². The van der Waals surface area contributed by atoms with Crippen LogP contribution in [0.4, 0.5) is 5.69 Å². The largest absolute Gasteiger partial charge is 0.493 e. The first-order chi connectivity index (χ1) is 10.6. The zero-order chi connectivity index (χ0) is 15.8. The second kappa shape index (κ2) is 8.32. The summed E-state index contributed by atoms with van der Waals surface area (Å²) >= 11 is 0. The summed E-state index contributed by atoms with van der Waals surface area (Å²) in [5, 5.41) is 3.36. The molecule has 0 heterocycles. The van der Waals surface area contributed by atoms with Crippen LogP contribution in [-0.2, 0) is 0 Å². The van der Waals surface area contributed by atoms with Gasteiger partial charge in [0.2, 0.25) is 0 Å². The summed E-state index contributed by atoms with van der Waals surface area (Å²) in [6.45, 7) is 8.46. The number of nitrogens with one attached hydrogen (secondary N) is 1. The summed E-state index contributed by atoms with van der Waals surface area (Å²) in [6.07, 6.45) is 0. The number of hydrogen-bond acceptors (Lipinski definition) is 3. The predicted octanol–water partition coefficient (Wildman–Crippen LogP) is 4.52. The fraction of sp³-hybridized carbons (Fsp3) is 0.368. The molecule has 0 spiro atoms. The summed E-state index contributed by atoms with van der Waals surface area (Å²) < 4.78 is 11.5. The van der Waals surface area contributed by atoms with Crippen molar-refractivity contribution in [3.63, 3.8) is 0 Å². The zero-order valence-electron chi connectivity index (χ0n) is 13.6. The third-order valence-electron chi connectivity index (χ3n) is 3.20. The SMILES string of the molecule is Cc1ccccc1OCCNc1cccc(OCC(C)C)c1. The highest BCUT2D eigenvalue weighted by atomic mass is 16.5. The minimum atomic E-state index is 0.527. The Morgan fingerprint density at radius 1 is 1.00 bits per heavy atom. The topological polar surface area (TPSA) is 30.5 Å². The maximum atomic E-state index is 5.77. The lowest BCUT2D eigenvalue weighted by Gasteiger charge is -2.12. The maximum Gasteiger partial charge on any atom is 0.122 e. The van der Waals surface area contributed by atoms with Crippen molar-refractivity contribution in [2.45, 2.75) is 20.8 Å². The molecule has 0 aliphatic rings. The number of benzene rings is 2. The Morgan fingerprint density at radius 2 is 1.82 bits per heavy atom. The minimum absolute atomic E-state index is 0.527. The Morgan fingerprint density at radius 3 is 2.59 bits per heavy atom. The molecule has 0 unspecified atom stereocenters. The molecule has 0 aromatic heterocycles. The lowest BCUT2D eigenvalue weighted by Crippen LogP contribution is -2.12. The molecule has 1 N–H and O–H groups in total. The van der Waals surface area contributed by atoms with Crippen LogP contribution >= 0.6 is 0 Å². The summed E-state index contributed by atoms with van der Waals surface area (Å²) in [7, 11) is 0. The second-order valence-electron chi connectivity index (χ2n) is 5.77. The third-order valence-corrected chi connectivity index (χ3v) is 3.20. The molecule has 2 aromatic carbocycles. The van der Waals surface area contributed by atoms with Gasteiger partial charge >= 0.3 is 0 Å². The van der Waals surface area contributed by atoms with Crippen LogP contribution in [0.3, 0.4) is 0 Å². The Balaban J connectivity index is 1.77. The van der Waals surface area contributed by atoms with E-state index in [0.717, 1.165) is 35.9 Å². The van der Waals surface area contributed by atoms with Crippen LogP contribution in [0.25, 0.3) is 0 Å². The molecule has 22 heavy (non-hydrogen) atoms. The van der Waals surface area contributed by atoms with E-state index in [1.165, 1.54) is 0 Å². The fourth-order valence-corrected chi connectivity index (χ4v) is 2.03. The Kier molecular flexibility index (Phi) is 6.13. The van der Waals surface area contributed by atoms with E-state index in [2.05, 4.69) is 32.2 Å². The van der Waals surface area contributed by atoms with E-state index in [1.807, 2.05) is 42.5 Å². The first kappa shape index (κ1) is 16.2. The van der Waals surface area contributed by atoms with Gasteiger partial charge in [-0.3, -0.25) is 0 Å². The van der Waals surface area contributed by atoms with Crippen LogP contribution in [0.5, 0.6) is 11.5 Å². The van der Waals surface area contributed by atoms with E-state index in [1.54, 1.807) is 0 Å². The molecule has 2 rings (SSSR count). The van der Waals surface area contributed by atoms with Gasteiger partial charge in [-0.25, -0.2) is 0 Å². The molecule has 3 heteroatoms. The highest BCUT2D eigenvalue weighted by Gasteiger charge is 2.00. The molecule has 0 fully saturated rings. The highest BCUT2D eigenvalue weighted by molar-refractivity contribution is 5.48. The summed E-state index contributed by atoms with van der Waals surface area (Å²) in [6, 6.07) is 16.1. The van der Waals surface area contributed by atoms with E-state index in [-0.39, 0.29) is 0 Å². The van der Waals surface area contributed by atoms with Crippen LogP contribution < -0.4 is 14.8 Å². The molecule has 0 saturated heterocycles. The highest BCUT2D eigenvalue weighted by Crippen LogP contribution is 2.18. The van der Waals surface area contributed by atoms with Crippen LogP contribution in [0.15, 0.2) is 48.5 Å². The van der Waals surface area contributed by atoms with E-state index in [0.29, 0.717) is 12.5 Å². The molecule has 118 valence electrons. The van der Waals surface area contributed by atoms with Crippen LogP contribution in [-0.4, -0.2) is 19.8 Å². The molecule has 3 nitrogen and oxygen atoms in total. The first-order valence-corrected chi connectivity index (χ1v) is 7.80. The molecule has 0 atom stereocenters. The fourth-order valence-electron chi connectivity index (χ4n) is 2.03. The monoisotopic (exact) mass is 299 g/mol. The molecular formula is C19H25NO2. The zero-order valence-corrected chi connectivity index (χ0v) is 13.6. The van der Waals surface area contributed by atoms with Gasteiger partial charge in [0.05, 0.1) is 6.61 Å². The van der Waals surface area contributed by atoms with Gasteiger partial charge in [0, 0.05) is 18.3 Å². The Hall–Kier alpha value is -2.16. The number of ether oxygens (including phenoxy) is 2. The maximum absolute atomic E-state index is 5.77. The molecule has 0 bridgehead atoms. The van der Waals surface area contributed by atoms with Gasteiger partial charge in [-0.15, -0.1) is 0 Å². The molecular weight excluding hydrogens is 274 g/mol. The number of aryl methyl sites for hydroxylation is 1. The van der Waals surface area contributed by atoms with Crippen molar-refractivity contribution in [1.82, 2.24) is 0 Å². The van der Waals surface area contributed by atoms with E-state index in [9.17, 15) is 0 Å². The van der Waals surface area contributed by atoms with Gasteiger partial charge in [-0.1, -0.05) is 38.1 Å². The van der Waals surface area contributed by atoms with Gasteiger partial charge in [0.25, 0.3) is 0 Å². The van der Waals surface area contributed by atoms with Crippen LogP contribution in [0, 0.1) is 12.8 Å². The van der Waals surface area contributed by atoms with E-state index >= 15 is 0 Å². The second-order valence-corrected chi connectivity index (χ2v) is 5.77. The average molecular weight is 299 g/mol. The van der Waals surface area contributed by atoms with Crippen molar-refractivity contribution >= 4 is 5.69 Å². The van der Waals surface area contributed by atoms with Crippen molar-refractivity contribution in [2.24, 2.45) is 5.92 Å². The van der Waals surface area contributed by atoms with Gasteiger partial charge in [0.1, 0.15) is 18.1 Å². The number of hydrogen-bond donors (Lipinski definition) is 1. The lowest BCUT2D eigenvalue weighted by molar-refractivity contribution is 0.271. The molecule has 2 aromatic rings. The van der Waals surface area contributed by atoms with Gasteiger partial charge in [-0.05, 0) is 36.6 Å². The standard InChI is InChI=1S/C19H25NO2/c1-15(2)14-22-18-9-6-8-17(13-18)20-11-12-21-19-10-5-4-7-16(19)3/h4-10,13,15,20H,11-12,14H2,1-3H3. The minimum Gasteiger partial charge on any atom is -0.493 e. The summed E-state index contributed by atoms with van der Waals surface area (Å²) in [4.78, 5) is 0. The molecule has 0 saturated carbocycles. The van der Waals surface area contributed by atoms with Crippen molar-refractivity contribution in [2.75, 3.05) is 25.1 Å². The summed E-state index contributed by atoms with van der Waals surface area (Å²) in [5.74, 6) is 2.37. The summed E-state index contributed by atoms with van der Waals surface area (Å²) in [5.41, 5.74) is 2.21. The van der Waals surface area contributed by atoms with E-state index in [4.69, 9.17) is 9.47 Å². The molecule has 0 radical (unpaired) electrons. The Labute approximate surface area is 133 Å². The molecule has 0 amide bonds. The number of para-hydroxylation sites is 1.